The molecule has 1 aromatic heterocycles. The van der Waals surface area contributed by atoms with Crippen LogP contribution in [0.4, 0.5) is 19.0 Å². The van der Waals surface area contributed by atoms with Gasteiger partial charge in [-0.25, -0.2) is 22.7 Å². The van der Waals surface area contributed by atoms with E-state index in [2.05, 4.69) is 14.9 Å². The van der Waals surface area contributed by atoms with Crippen LogP contribution in [0, 0.1) is 18.8 Å². The van der Waals surface area contributed by atoms with Gasteiger partial charge in [0.2, 0.25) is 10.0 Å². The fourth-order valence-corrected chi connectivity index (χ4v) is 8.36. The molecule has 1 unspecified atom stereocenters. The number of hydrogen-bond donors (Lipinski definition) is 0. The second-order valence-corrected chi connectivity index (χ2v) is 14.8. The molecule has 0 spiro atoms. The van der Waals surface area contributed by atoms with E-state index in [1.54, 1.807) is 13.1 Å². The second-order valence-electron chi connectivity index (χ2n) is 12.7. The number of hydrogen-bond acceptors (Lipinski definition) is 7. The Morgan fingerprint density at radius 1 is 1.02 bits per heavy atom. The molecule has 3 aliphatic heterocycles. The molecule has 13 heteroatoms. The van der Waals surface area contributed by atoms with Gasteiger partial charge < -0.3 is 9.80 Å². The Kier molecular flexibility index (Phi) is 7.95. The number of halogens is 3. The van der Waals surface area contributed by atoms with Crippen LogP contribution in [0.15, 0.2) is 24.5 Å². The van der Waals surface area contributed by atoms with Gasteiger partial charge in [-0.05, 0) is 74.1 Å². The molecule has 6 rings (SSSR count). The molecule has 43 heavy (non-hydrogen) atoms. The Bertz CT molecular complexity index is 1480. The van der Waals surface area contributed by atoms with Crippen molar-refractivity contribution in [1.82, 2.24) is 24.1 Å². The third-order valence-electron chi connectivity index (χ3n) is 10.2. The van der Waals surface area contributed by atoms with Crippen LogP contribution >= 0.6 is 0 Å². The second kappa shape index (κ2) is 11.3. The van der Waals surface area contributed by atoms with Crippen molar-refractivity contribution in [2.45, 2.75) is 63.8 Å². The maximum Gasteiger partial charge on any atom is 0.416 e. The van der Waals surface area contributed by atoms with Gasteiger partial charge in [0.25, 0.3) is 5.91 Å². The van der Waals surface area contributed by atoms with Gasteiger partial charge in [-0.2, -0.15) is 13.2 Å². The van der Waals surface area contributed by atoms with E-state index in [1.165, 1.54) is 23.0 Å². The number of rotatable bonds is 5. The van der Waals surface area contributed by atoms with E-state index >= 15 is 0 Å². The lowest BCUT2D eigenvalue weighted by Crippen LogP contribution is -2.47. The molecule has 0 N–H and O–H groups in total. The predicted molar refractivity (Wildman–Crippen MR) is 156 cm³/mol. The number of carbonyl (C=O) groups excluding carboxylic acids is 1. The van der Waals surface area contributed by atoms with Crippen LogP contribution < -0.4 is 4.90 Å². The van der Waals surface area contributed by atoms with Crippen molar-refractivity contribution in [1.29, 1.82) is 0 Å². The molecule has 4 heterocycles. The number of amides is 1. The van der Waals surface area contributed by atoms with Crippen LogP contribution in [-0.2, 0) is 29.2 Å². The number of sulfonamides is 1. The minimum absolute atomic E-state index is 0.0876. The van der Waals surface area contributed by atoms with E-state index in [1.807, 2.05) is 16.7 Å². The van der Waals surface area contributed by atoms with E-state index in [9.17, 15) is 26.4 Å². The largest absolute Gasteiger partial charge is 0.416 e. The molecule has 9 nitrogen and oxygen atoms in total. The summed E-state index contributed by atoms with van der Waals surface area (Å²) < 4.78 is 65.4. The number of piperidine rings is 1. The summed E-state index contributed by atoms with van der Waals surface area (Å²) in [6.45, 7) is 5.92. The van der Waals surface area contributed by atoms with Crippen molar-refractivity contribution in [2.24, 2.45) is 11.8 Å². The first-order chi connectivity index (χ1) is 20.3. The molecule has 2 aromatic rings. The van der Waals surface area contributed by atoms with Gasteiger partial charge in [-0.15, -0.1) is 0 Å². The minimum atomic E-state index is -4.40. The van der Waals surface area contributed by atoms with Crippen molar-refractivity contribution in [3.05, 3.63) is 52.5 Å². The Hall–Kier alpha value is -2.77. The van der Waals surface area contributed by atoms with Crippen molar-refractivity contribution >= 4 is 21.7 Å². The first kappa shape index (κ1) is 30.3. The van der Waals surface area contributed by atoms with Crippen molar-refractivity contribution < 1.29 is 26.4 Å². The molecule has 2 saturated heterocycles. The highest BCUT2D eigenvalue weighted by Crippen LogP contribution is 2.42. The Labute approximate surface area is 251 Å². The lowest BCUT2D eigenvalue weighted by atomic mass is 9.96. The number of aromatic nitrogens is 2. The summed E-state index contributed by atoms with van der Waals surface area (Å²) in [5.74, 6) is 1.47. The summed E-state index contributed by atoms with van der Waals surface area (Å²) in [6, 6.07) is 4.40. The van der Waals surface area contributed by atoms with Crippen molar-refractivity contribution in [3.8, 4) is 0 Å². The number of benzene rings is 1. The average Bonchev–Trinajstić information content (AvgIpc) is 3.55. The lowest BCUT2D eigenvalue weighted by molar-refractivity contribution is -0.137. The zero-order chi connectivity index (χ0) is 30.7. The number of alkyl halides is 3. The SMILES string of the molecule is Cc1c(C(=O)N2CCC(N3C[C@H]4CC(N(C)S(C)(=O)=O)C[C@H]4C3)CC2)ncnc1N1CCc2ccc(C(F)(F)F)cc2C1. The maximum atomic E-state index is 13.6. The Balaban J connectivity index is 1.06. The van der Waals surface area contributed by atoms with Crippen LogP contribution in [0.2, 0.25) is 0 Å². The Morgan fingerprint density at radius 3 is 2.33 bits per heavy atom. The highest BCUT2D eigenvalue weighted by atomic mass is 32.2. The van der Waals surface area contributed by atoms with Crippen LogP contribution in [0.25, 0.3) is 0 Å². The summed E-state index contributed by atoms with van der Waals surface area (Å²) in [5.41, 5.74) is 1.85. The zero-order valence-corrected chi connectivity index (χ0v) is 25.7. The zero-order valence-electron chi connectivity index (χ0n) is 24.8. The van der Waals surface area contributed by atoms with E-state index in [4.69, 9.17) is 0 Å². The molecule has 3 atom stereocenters. The first-order valence-corrected chi connectivity index (χ1v) is 16.9. The standard InChI is InChI=1S/C30H39F3N6O3S/c1-19-27(34-18-35-28(19)38-9-6-20-4-5-24(30(31,32)33)12-21(20)15-38)29(40)37-10-7-25(8-11-37)39-16-22-13-26(14-23(22)17-39)36(2)43(3,41)42/h4-5,12,18,22-23,25-26H,6-11,13-17H2,1-3H3/t22-,23+,26?. The molecule has 0 bridgehead atoms. The molecule has 0 radical (unpaired) electrons. The monoisotopic (exact) mass is 620 g/mol. The van der Waals surface area contributed by atoms with Gasteiger partial charge in [-0.3, -0.25) is 9.69 Å². The summed E-state index contributed by atoms with van der Waals surface area (Å²) in [4.78, 5) is 28.7. The number of likely N-dealkylation sites (tertiary alicyclic amines) is 2. The van der Waals surface area contributed by atoms with Crippen LogP contribution in [0.3, 0.4) is 0 Å². The van der Waals surface area contributed by atoms with Gasteiger partial charge >= 0.3 is 6.18 Å². The van der Waals surface area contributed by atoms with Gasteiger partial charge in [0.05, 0.1) is 11.8 Å². The van der Waals surface area contributed by atoms with Gasteiger partial charge in [-0.1, -0.05) is 6.07 Å². The van der Waals surface area contributed by atoms with E-state index in [0.29, 0.717) is 73.1 Å². The van der Waals surface area contributed by atoms with Crippen LogP contribution in [0.5, 0.6) is 0 Å². The number of carbonyl (C=O) groups is 1. The van der Waals surface area contributed by atoms with Crippen molar-refractivity contribution in [2.75, 3.05) is 50.9 Å². The summed E-state index contributed by atoms with van der Waals surface area (Å²) in [6.07, 6.45) is 2.41. The van der Waals surface area contributed by atoms with Crippen LogP contribution in [0.1, 0.15) is 58.4 Å². The highest BCUT2D eigenvalue weighted by Gasteiger charge is 2.45. The summed E-state index contributed by atoms with van der Waals surface area (Å²) in [5, 5.41) is 0. The van der Waals surface area contributed by atoms with Gasteiger partial charge in [0.1, 0.15) is 17.8 Å². The lowest BCUT2D eigenvalue weighted by Gasteiger charge is -2.37. The Morgan fingerprint density at radius 2 is 1.70 bits per heavy atom. The summed E-state index contributed by atoms with van der Waals surface area (Å²) in [7, 11) is -1.50. The highest BCUT2D eigenvalue weighted by molar-refractivity contribution is 7.88. The number of nitrogens with zero attached hydrogens (tertiary/aromatic N) is 6. The third kappa shape index (κ3) is 6.00. The number of fused-ring (bicyclic) bond motifs is 2. The quantitative estimate of drug-likeness (QED) is 0.505. The van der Waals surface area contributed by atoms with E-state index < -0.39 is 21.8 Å². The molecule has 1 amide bonds. The maximum absolute atomic E-state index is 13.6. The molecular weight excluding hydrogens is 581 g/mol. The van der Waals surface area contributed by atoms with E-state index in [0.717, 1.165) is 50.4 Å². The molecule has 4 aliphatic rings. The average molecular weight is 621 g/mol. The predicted octanol–water partition coefficient (Wildman–Crippen LogP) is 3.57. The molecular formula is C30H39F3N6O3S. The molecule has 3 fully saturated rings. The first-order valence-electron chi connectivity index (χ1n) is 15.0. The minimum Gasteiger partial charge on any atom is -0.352 e. The van der Waals surface area contributed by atoms with Crippen molar-refractivity contribution in [3.63, 3.8) is 0 Å². The normalized spacial score (nSPS) is 25.3. The third-order valence-corrected chi connectivity index (χ3v) is 11.5. The fraction of sp³-hybridized carbons (Fsp3) is 0.633. The van der Waals surface area contributed by atoms with Gasteiger partial charge in [0, 0.05) is 64.0 Å². The molecule has 1 aliphatic carbocycles. The summed E-state index contributed by atoms with van der Waals surface area (Å²) >= 11 is 0. The van der Waals surface area contributed by atoms with Crippen LogP contribution in [-0.4, -0.2) is 96.5 Å². The van der Waals surface area contributed by atoms with Gasteiger partial charge in [0.15, 0.2) is 0 Å². The molecule has 234 valence electrons. The smallest absolute Gasteiger partial charge is 0.352 e. The molecule has 1 aromatic carbocycles. The topological polar surface area (TPSA) is 90.0 Å². The molecule has 1 saturated carbocycles. The van der Waals surface area contributed by atoms with E-state index in [-0.39, 0.29) is 11.9 Å². The fourth-order valence-electron chi connectivity index (χ4n) is 7.64. The number of anilines is 1.